The van der Waals surface area contributed by atoms with Gasteiger partial charge in [-0.05, 0) is 41.8 Å². The summed E-state index contributed by atoms with van der Waals surface area (Å²) in [6, 6.07) is 12.6. The lowest BCUT2D eigenvalue weighted by molar-refractivity contribution is 0.102. The maximum Gasteiger partial charge on any atom is 0.274 e. The van der Waals surface area contributed by atoms with Crippen LogP contribution in [0.1, 0.15) is 46.8 Å². The number of nitrogens with zero attached hydrogens (tertiary/aromatic N) is 2. The first kappa shape index (κ1) is 21.0. The molecule has 3 aromatic rings. The standard InChI is InChI=1S/C22H21N5O2S/c1-13(2)20-15(11-24)5-4-6-17(20)21(28)26-16-8-7-14(10-23)18(9-16)27-19-12-25-22(29-3)30-19/h4-10,12-13,23,27H,1-3H3,(H,26,28). The minimum atomic E-state index is -0.288. The Hall–Kier alpha value is -3.70. The maximum absolute atomic E-state index is 13.0. The van der Waals surface area contributed by atoms with Crippen LogP contribution in [0.4, 0.5) is 16.4 Å². The second-order valence-corrected chi connectivity index (χ2v) is 7.75. The third kappa shape index (κ3) is 4.47. The Morgan fingerprint density at radius 3 is 2.77 bits per heavy atom. The topological polar surface area (TPSA) is 111 Å². The fraction of sp³-hybridized carbons (Fsp3) is 0.182. The molecule has 3 rings (SSSR count). The van der Waals surface area contributed by atoms with Crippen LogP contribution in [0.25, 0.3) is 0 Å². The van der Waals surface area contributed by atoms with Gasteiger partial charge in [0.2, 0.25) is 0 Å². The second-order valence-electron chi connectivity index (χ2n) is 6.75. The molecule has 7 nitrogen and oxygen atoms in total. The van der Waals surface area contributed by atoms with E-state index in [0.717, 1.165) is 10.6 Å². The first-order valence-corrected chi connectivity index (χ1v) is 10.0. The predicted octanol–water partition coefficient (Wildman–Crippen LogP) is 5.14. The van der Waals surface area contributed by atoms with Gasteiger partial charge < -0.3 is 20.8 Å². The van der Waals surface area contributed by atoms with Gasteiger partial charge in [-0.2, -0.15) is 5.26 Å². The molecule has 0 bridgehead atoms. The molecule has 152 valence electrons. The van der Waals surface area contributed by atoms with E-state index in [1.54, 1.807) is 49.7 Å². The third-order valence-electron chi connectivity index (χ3n) is 4.43. The Bertz CT molecular complexity index is 1130. The molecular formula is C22H21N5O2S. The van der Waals surface area contributed by atoms with E-state index in [0.29, 0.717) is 33.3 Å². The van der Waals surface area contributed by atoms with Crippen LogP contribution in [0.5, 0.6) is 5.19 Å². The summed E-state index contributed by atoms with van der Waals surface area (Å²) in [5, 5.41) is 24.4. The van der Waals surface area contributed by atoms with Crippen molar-refractivity contribution < 1.29 is 9.53 Å². The smallest absolute Gasteiger partial charge is 0.274 e. The second kappa shape index (κ2) is 9.20. The van der Waals surface area contributed by atoms with Crippen molar-refractivity contribution in [3.8, 4) is 11.3 Å². The minimum Gasteiger partial charge on any atom is -0.473 e. The Morgan fingerprint density at radius 1 is 1.33 bits per heavy atom. The van der Waals surface area contributed by atoms with Crippen molar-refractivity contribution in [3.05, 3.63) is 64.8 Å². The summed E-state index contributed by atoms with van der Waals surface area (Å²) in [7, 11) is 1.55. The molecule has 0 aliphatic heterocycles. The number of rotatable bonds is 7. The molecule has 1 heterocycles. The molecule has 1 aromatic heterocycles. The van der Waals surface area contributed by atoms with Gasteiger partial charge in [-0.3, -0.25) is 4.79 Å². The molecule has 0 fully saturated rings. The number of carbonyl (C=O) groups excluding carboxylic acids is 1. The molecule has 0 saturated carbocycles. The van der Waals surface area contributed by atoms with Crippen molar-refractivity contribution in [2.24, 2.45) is 0 Å². The van der Waals surface area contributed by atoms with Crippen LogP contribution in [-0.2, 0) is 0 Å². The molecule has 0 atom stereocenters. The van der Waals surface area contributed by atoms with Crippen molar-refractivity contribution in [3.63, 3.8) is 0 Å². The van der Waals surface area contributed by atoms with Gasteiger partial charge in [-0.1, -0.05) is 31.3 Å². The molecule has 1 amide bonds. The Labute approximate surface area is 178 Å². The van der Waals surface area contributed by atoms with E-state index in [-0.39, 0.29) is 11.8 Å². The highest BCUT2D eigenvalue weighted by Crippen LogP contribution is 2.31. The Balaban J connectivity index is 1.89. The summed E-state index contributed by atoms with van der Waals surface area (Å²) < 4.78 is 5.11. The number of nitriles is 1. The zero-order valence-electron chi connectivity index (χ0n) is 16.8. The lowest BCUT2D eigenvalue weighted by Gasteiger charge is -2.15. The molecule has 0 aliphatic rings. The van der Waals surface area contributed by atoms with Crippen LogP contribution >= 0.6 is 11.3 Å². The summed E-state index contributed by atoms with van der Waals surface area (Å²) in [5.74, 6) is -0.260. The number of carbonyl (C=O) groups is 1. The molecule has 0 unspecified atom stereocenters. The quantitative estimate of drug-likeness (QED) is 0.459. The number of amides is 1. The van der Waals surface area contributed by atoms with E-state index in [2.05, 4.69) is 21.7 Å². The fourth-order valence-corrected chi connectivity index (χ4v) is 3.74. The molecule has 30 heavy (non-hydrogen) atoms. The number of hydrogen-bond acceptors (Lipinski definition) is 7. The van der Waals surface area contributed by atoms with Gasteiger partial charge in [-0.15, -0.1) is 0 Å². The van der Waals surface area contributed by atoms with Crippen molar-refractivity contribution in [1.82, 2.24) is 4.98 Å². The molecule has 0 radical (unpaired) electrons. The van der Waals surface area contributed by atoms with Crippen LogP contribution in [-0.4, -0.2) is 24.2 Å². The van der Waals surface area contributed by atoms with E-state index in [1.165, 1.54) is 17.6 Å². The molecule has 0 aliphatic carbocycles. The average molecular weight is 420 g/mol. The average Bonchev–Trinajstić information content (AvgIpc) is 3.20. The number of hydrogen-bond donors (Lipinski definition) is 3. The number of ether oxygens (including phenoxy) is 1. The zero-order chi connectivity index (χ0) is 21.7. The van der Waals surface area contributed by atoms with Crippen LogP contribution in [0.15, 0.2) is 42.6 Å². The minimum absolute atomic E-state index is 0.0282. The summed E-state index contributed by atoms with van der Waals surface area (Å²) in [6.45, 7) is 3.91. The molecular weight excluding hydrogens is 398 g/mol. The fourth-order valence-electron chi connectivity index (χ4n) is 3.09. The first-order chi connectivity index (χ1) is 14.5. The first-order valence-electron chi connectivity index (χ1n) is 9.22. The monoisotopic (exact) mass is 419 g/mol. The lowest BCUT2D eigenvalue weighted by Crippen LogP contribution is -2.16. The SMILES string of the molecule is COc1ncc(Nc2cc(NC(=O)c3cccc(C#N)c3C(C)C)ccc2C=N)s1. The van der Waals surface area contributed by atoms with Crippen molar-refractivity contribution in [2.45, 2.75) is 19.8 Å². The van der Waals surface area contributed by atoms with Gasteiger partial charge in [0.15, 0.2) is 0 Å². The Kier molecular flexibility index (Phi) is 6.45. The molecule has 0 spiro atoms. The van der Waals surface area contributed by atoms with Gasteiger partial charge in [0.1, 0.15) is 5.00 Å². The van der Waals surface area contributed by atoms with Gasteiger partial charge >= 0.3 is 0 Å². The predicted molar refractivity (Wildman–Crippen MR) is 119 cm³/mol. The normalized spacial score (nSPS) is 10.4. The van der Waals surface area contributed by atoms with Crippen molar-refractivity contribution >= 4 is 39.8 Å². The third-order valence-corrected chi connectivity index (χ3v) is 5.31. The van der Waals surface area contributed by atoms with Gasteiger partial charge in [0.25, 0.3) is 11.1 Å². The van der Waals surface area contributed by atoms with E-state index in [9.17, 15) is 10.1 Å². The molecule has 2 aromatic carbocycles. The van der Waals surface area contributed by atoms with E-state index in [4.69, 9.17) is 10.1 Å². The van der Waals surface area contributed by atoms with Gasteiger partial charge in [-0.25, -0.2) is 4.98 Å². The van der Waals surface area contributed by atoms with E-state index >= 15 is 0 Å². The number of aromatic nitrogens is 1. The number of anilines is 3. The number of thiazole rings is 1. The lowest BCUT2D eigenvalue weighted by atomic mass is 9.92. The van der Waals surface area contributed by atoms with Gasteiger partial charge in [0, 0.05) is 23.0 Å². The summed E-state index contributed by atoms with van der Waals surface area (Å²) in [4.78, 5) is 17.1. The summed E-state index contributed by atoms with van der Waals surface area (Å²) in [5.41, 5.74) is 3.59. The van der Waals surface area contributed by atoms with Crippen molar-refractivity contribution in [2.75, 3.05) is 17.7 Å². The Morgan fingerprint density at radius 2 is 2.13 bits per heavy atom. The van der Waals surface area contributed by atoms with Gasteiger partial charge in [0.05, 0.1) is 30.6 Å². The highest BCUT2D eigenvalue weighted by Gasteiger charge is 2.18. The van der Waals surface area contributed by atoms with E-state index in [1.807, 2.05) is 13.8 Å². The summed E-state index contributed by atoms with van der Waals surface area (Å²) >= 11 is 1.34. The zero-order valence-corrected chi connectivity index (χ0v) is 17.6. The summed E-state index contributed by atoms with van der Waals surface area (Å²) in [6.07, 6.45) is 2.88. The maximum atomic E-state index is 13.0. The van der Waals surface area contributed by atoms with Crippen molar-refractivity contribution in [1.29, 1.82) is 10.7 Å². The van der Waals surface area contributed by atoms with Crippen LogP contribution < -0.4 is 15.4 Å². The molecule has 0 saturated heterocycles. The number of benzene rings is 2. The molecule has 8 heteroatoms. The highest BCUT2D eigenvalue weighted by atomic mass is 32.1. The number of methoxy groups -OCH3 is 1. The van der Waals surface area contributed by atoms with Crippen LogP contribution in [0, 0.1) is 16.7 Å². The van der Waals surface area contributed by atoms with E-state index < -0.39 is 0 Å². The van der Waals surface area contributed by atoms with Crippen LogP contribution in [0.3, 0.4) is 0 Å². The van der Waals surface area contributed by atoms with Crippen LogP contribution in [0.2, 0.25) is 0 Å². The largest absolute Gasteiger partial charge is 0.473 e. The highest BCUT2D eigenvalue weighted by molar-refractivity contribution is 7.17. The number of nitrogens with one attached hydrogen (secondary N) is 3. The molecule has 3 N–H and O–H groups in total.